The highest BCUT2D eigenvalue weighted by atomic mass is 14.9. The molecule has 2 aliphatic carbocycles. The Morgan fingerprint density at radius 2 is 1.74 bits per heavy atom. The molecule has 1 saturated carbocycles. The Morgan fingerprint density at radius 3 is 2.52 bits per heavy atom. The average molecular weight is 306 g/mol. The van der Waals surface area contributed by atoms with Gasteiger partial charge >= 0.3 is 0 Å². The van der Waals surface area contributed by atoms with Gasteiger partial charge in [0.25, 0.3) is 0 Å². The average Bonchev–Trinajstić information content (AvgIpc) is 2.57. The van der Waals surface area contributed by atoms with Crippen LogP contribution < -0.4 is 4.57 Å². The first-order chi connectivity index (χ1) is 11.2. The molecule has 1 spiro atoms. The molecule has 0 unspecified atom stereocenters. The zero-order chi connectivity index (χ0) is 15.9. The molecule has 0 radical (unpaired) electrons. The fourth-order valence-corrected chi connectivity index (χ4v) is 4.96. The van der Waals surface area contributed by atoms with Crippen LogP contribution in [0, 0.1) is 12.3 Å². The van der Waals surface area contributed by atoms with Crippen LogP contribution in [0.25, 0.3) is 11.3 Å². The molecule has 2 aliphatic rings. The predicted molar refractivity (Wildman–Crippen MR) is 95.3 cm³/mol. The van der Waals surface area contributed by atoms with Crippen LogP contribution in [-0.4, -0.2) is 0 Å². The summed E-state index contributed by atoms with van der Waals surface area (Å²) in [5.41, 5.74) is 8.09. The second-order valence-corrected chi connectivity index (χ2v) is 7.83. The van der Waals surface area contributed by atoms with Gasteiger partial charge in [-0.05, 0) is 61.6 Å². The molecule has 0 atom stereocenters. The summed E-state index contributed by atoms with van der Waals surface area (Å²) >= 11 is 0. The molecule has 120 valence electrons. The molecule has 0 saturated heterocycles. The van der Waals surface area contributed by atoms with Crippen molar-refractivity contribution in [1.82, 2.24) is 0 Å². The highest BCUT2D eigenvalue weighted by Gasteiger charge is 2.38. The van der Waals surface area contributed by atoms with Gasteiger partial charge in [0.05, 0.1) is 0 Å². The first-order valence-corrected chi connectivity index (χ1v) is 9.25. The van der Waals surface area contributed by atoms with E-state index in [0.717, 1.165) is 0 Å². The summed E-state index contributed by atoms with van der Waals surface area (Å²) < 4.78 is 2.35. The standard InChI is InChI=1S/C22H28N/c1-17-8-4-5-9-19(17)21-20-16-22(12-6-3-7-13-22)14-10-18(20)11-15-23(21)2/h4-5,8-9,11,15H,3,6-7,10,12-14,16H2,1-2H3/q+1. The van der Waals surface area contributed by atoms with Crippen molar-refractivity contribution in [3.63, 3.8) is 0 Å². The minimum atomic E-state index is 0.594. The normalized spacial score (nSPS) is 19.6. The maximum atomic E-state index is 2.37. The molecule has 1 heterocycles. The van der Waals surface area contributed by atoms with E-state index in [2.05, 4.69) is 55.1 Å². The first kappa shape index (κ1) is 14.9. The third-order valence-corrected chi connectivity index (χ3v) is 6.32. The van der Waals surface area contributed by atoms with Gasteiger partial charge in [0.2, 0.25) is 5.69 Å². The fraction of sp³-hybridized carbons (Fsp3) is 0.500. The Bertz CT molecular complexity index is 723. The van der Waals surface area contributed by atoms with Gasteiger partial charge in [-0.3, -0.25) is 0 Å². The summed E-state index contributed by atoms with van der Waals surface area (Å²) in [7, 11) is 2.21. The number of hydrogen-bond acceptors (Lipinski definition) is 0. The zero-order valence-electron chi connectivity index (χ0n) is 14.6. The van der Waals surface area contributed by atoms with Gasteiger partial charge < -0.3 is 0 Å². The van der Waals surface area contributed by atoms with Crippen molar-refractivity contribution in [2.24, 2.45) is 12.5 Å². The molecule has 0 N–H and O–H groups in total. The van der Waals surface area contributed by atoms with Crippen LogP contribution >= 0.6 is 0 Å². The molecule has 1 heteroatoms. The van der Waals surface area contributed by atoms with Crippen LogP contribution in [0.4, 0.5) is 0 Å². The number of nitrogens with zero attached hydrogens (tertiary/aromatic N) is 1. The number of rotatable bonds is 1. The number of aromatic nitrogens is 1. The summed E-state index contributed by atoms with van der Waals surface area (Å²) in [5.74, 6) is 0. The molecule has 2 aromatic rings. The molecule has 1 aromatic heterocycles. The lowest BCUT2D eigenvalue weighted by atomic mass is 9.63. The van der Waals surface area contributed by atoms with Crippen molar-refractivity contribution >= 4 is 0 Å². The SMILES string of the molecule is Cc1ccccc1-c1c2c(cc[n+]1C)CCC1(CCCCC1)C2. The van der Waals surface area contributed by atoms with Crippen LogP contribution in [0.15, 0.2) is 36.5 Å². The lowest BCUT2D eigenvalue weighted by molar-refractivity contribution is -0.660. The molecule has 23 heavy (non-hydrogen) atoms. The topological polar surface area (TPSA) is 3.88 Å². The molecule has 1 fully saturated rings. The van der Waals surface area contributed by atoms with Gasteiger partial charge in [0, 0.05) is 17.2 Å². The Morgan fingerprint density at radius 1 is 0.957 bits per heavy atom. The quantitative estimate of drug-likeness (QED) is 0.658. The summed E-state index contributed by atoms with van der Waals surface area (Å²) in [5, 5.41) is 0. The van der Waals surface area contributed by atoms with E-state index < -0.39 is 0 Å². The first-order valence-electron chi connectivity index (χ1n) is 9.25. The van der Waals surface area contributed by atoms with Crippen LogP contribution in [-0.2, 0) is 19.9 Å². The van der Waals surface area contributed by atoms with Crippen molar-refractivity contribution in [2.45, 2.75) is 58.3 Å². The van der Waals surface area contributed by atoms with Gasteiger partial charge in [-0.2, -0.15) is 0 Å². The van der Waals surface area contributed by atoms with Crippen molar-refractivity contribution in [2.75, 3.05) is 0 Å². The number of benzene rings is 1. The smallest absolute Gasteiger partial charge is 0.201 e. The van der Waals surface area contributed by atoms with Gasteiger partial charge in [-0.15, -0.1) is 0 Å². The van der Waals surface area contributed by atoms with E-state index in [9.17, 15) is 0 Å². The third-order valence-electron chi connectivity index (χ3n) is 6.32. The number of aryl methyl sites for hydroxylation is 3. The Labute approximate surface area is 140 Å². The van der Waals surface area contributed by atoms with Gasteiger partial charge in [0.1, 0.15) is 7.05 Å². The Hall–Kier alpha value is -1.63. The number of fused-ring (bicyclic) bond motifs is 1. The van der Waals surface area contributed by atoms with Crippen LogP contribution in [0.3, 0.4) is 0 Å². The molecule has 0 aliphatic heterocycles. The van der Waals surface area contributed by atoms with E-state index in [0.29, 0.717) is 5.41 Å². The van der Waals surface area contributed by atoms with Gasteiger partial charge in [0.15, 0.2) is 6.20 Å². The number of hydrogen-bond donors (Lipinski definition) is 0. The van der Waals surface area contributed by atoms with E-state index in [1.165, 1.54) is 68.2 Å². The van der Waals surface area contributed by atoms with E-state index >= 15 is 0 Å². The number of pyridine rings is 1. The van der Waals surface area contributed by atoms with Gasteiger partial charge in [-0.1, -0.05) is 37.5 Å². The van der Waals surface area contributed by atoms with Crippen molar-refractivity contribution in [1.29, 1.82) is 0 Å². The molecule has 0 amide bonds. The fourth-order valence-electron chi connectivity index (χ4n) is 4.96. The molecule has 1 nitrogen and oxygen atoms in total. The van der Waals surface area contributed by atoms with E-state index in [1.807, 2.05) is 0 Å². The van der Waals surface area contributed by atoms with Crippen LogP contribution in [0.5, 0.6) is 0 Å². The highest BCUT2D eigenvalue weighted by molar-refractivity contribution is 5.65. The van der Waals surface area contributed by atoms with Crippen molar-refractivity contribution in [3.05, 3.63) is 53.2 Å². The lowest BCUT2D eigenvalue weighted by Gasteiger charge is -2.41. The summed E-state index contributed by atoms with van der Waals surface area (Å²) in [6.07, 6.45) is 13.4. The summed E-state index contributed by atoms with van der Waals surface area (Å²) in [6.45, 7) is 2.24. The van der Waals surface area contributed by atoms with Crippen LogP contribution in [0.2, 0.25) is 0 Å². The Kier molecular flexibility index (Phi) is 3.75. The molecule has 1 aromatic carbocycles. The maximum absolute atomic E-state index is 2.37. The molecule has 4 rings (SSSR count). The molecular formula is C22H28N+. The second-order valence-electron chi connectivity index (χ2n) is 7.83. The molecular weight excluding hydrogens is 278 g/mol. The Balaban J connectivity index is 1.84. The third kappa shape index (κ3) is 2.60. The molecule has 0 bridgehead atoms. The minimum absolute atomic E-state index is 0.594. The lowest BCUT2D eigenvalue weighted by Crippen LogP contribution is -2.37. The van der Waals surface area contributed by atoms with E-state index in [-0.39, 0.29) is 0 Å². The monoisotopic (exact) mass is 306 g/mol. The van der Waals surface area contributed by atoms with Crippen LogP contribution in [0.1, 0.15) is 55.2 Å². The van der Waals surface area contributed by atoms with Gasteiger partial charge in [-0.25, -0.2) is 4.57 Å². The zero-order valence-corrected chi connectivity index (χ0v) is 14.6. The summed E-state index contributed by atoms with van der Waals surface area (Å²) in [4.78, 5) is 0. The largest absolute Gasteiger partial charge is 0.216 e. The van der Waals surface area contributed by atoms with Crippen molar-refractivity contribution in [3.8, 4) is 11.3 Å². The maximum Gasteiger partial charge on any atom is 0.216 e. The predicted octanol–water partition coefficient (Wildman–Crippen LogP) is 4.93. The van der Waals surface area contributed by atoms with E-state index in [1.54, 1.807) is 11.1 Å². The highest BCUT2D eigenvalue weighted by Crippen LogP contribution is 2.47. The minimum Gasteiger partial charge on any atom is -0.201 e. The van der Waals surface area contributed by atoms with E-state index in [4.69, 9.17) is 0 Å². The summed E-state index contributed by atoms with van der Waals surface area (Å²) in [6, 6.07) is 11.2. The van der Waals surface area contributed by atoms with Crippen molar-refractivity contribution < 1.29 is 4.57 Å². The second kappa shape index (κ2) is 5.78.